The second-order valence-electron chi connectivity index (χ2n) is 7.20. The Morgan fingerprint density at radius 2 is 1.54 bits per heavy atom. The number of halogens is 2. The SMILES string of the molecule is C[c-]1c([SiH](C)c2cc3c([cH-]2)CCCC3)cc2c1CCCC2.[Cl-].[Cl-].[Ti+4]. The van der Waals surface area contributed by atoms with Crippen LogP contribution in [0.4, 0.5) is 0 Å². The summed E-state index contributed by atoms with van der Waals surface area (Å²) in [5.41, 5.74) is 8.40. The Morgan fingerprint density at radius 1 is 0.917 bits per heavy atom. The zero-order valence-corrected chi connectivity index (χ0v) is 19.0. The molecule has 4 rings (SSSR count). The summed E-state index contributed by atoms with van der Waals surface area (Å²) in [5, 5.41) is 3.44. The summed E-state index contributed by atoms with van der Waals surface area (Å²) in [7, 11) is -0.973. The Bertz CT molecular complexity index is 648. The third-order valence-corrected chi connectivity index (χ3v) is 8.79. The third kappa shape index (κ3) is 3.96. The van der Waals surface area contributed by atoms with Gasteiger partial charge in [0.05, 0.1) is 0 Å². The molecule has 128 valence electrons. The minimum atomic E-state index is -0.973. The summed E-state index contributed by atoms with van der Waals surface area (Å²) >= 11 is 0. The molecule has 2 aliphatic rings. The molecule has 2 aliphatic carbocycles. The smallest absolute Gasteiger partial charge is 1.00 e. The normalized spacial score (nSPS) is 16.8. The zero-order chi connectivity index (χ0) is 14.4. The van der Waals surface area contributed by atoms with Crippen molar-refractivity contribution in [2.75, 3.05) is 0 Å². The van der Waals surface area contributed by atoms with E-state index in [1.807, 2.05) is 0 Å². The third-order valence-electron chi connectivity index (χ3n) is 5.93. The molecular formula is C20H26Cl2SiTi. The van der Waals surface area contributed by atoms with Gasteiger partial charge in [0.25, 0.3) is 0 Å². The standard InChI is InChI=1S/C20H26Si.2ClH.Ti/c1-14-19-10-6-5-9-17(19)13-20(14)21(2)18-11-15-7-3-4-8-16(15)12-18;;;/h11-13,21H,3-10H2,1-2H3;2*1H;/q-2;;;+4/p-2. The predicted molar refractivity (Wildman–Crippen MR) is 94.4 cm³/mol. The van der Waals surface area contributed by atoms with Crippen molar-refractivity contribution in [1.82, 2.24) is 0 Å². The summed E-state index contributed by atoms with van der Waals surface area (Å²) in [6, 6.07) is 7.72. The van der Waals surface area contributed by atoms with Gasteiger partial charge < -0.3 is 24.8 Å². The Hall–Kier alpha value is 0.211. The van der Waals surface area contributed by atoms with Crippen LogP contribution in [0.5, 0.6) is 0 Å². The van der Waals surface area contributed by atoms with Gasteiger partial charge in [0, 0.05) is 8.80 Å². The van der Waals surface area contributed by atoms with Crippen molar-refractivity contribution in [3.63, 3.8) is 0 Å². The molecule has 24 heavy (non-hydrogen) atoms. The molecule has 0 N–H and O–H groups in total. The summed E-state index contributed by atoms with van der Waals surface area (Å²) in [4.78, 5) is 0. The fourth-order valence-electron chi connectivity index (χ4n) is 4.59. The van der Waals surface area contributed by atoms with E-state index in [1.54, 1.807) is 38.2 Å². The van der Waals surface area contributed by atoms with Crippen LogP contribution in [0.1, 0.15) is 53.5 Å². The monoisotopic (exact) mass is 412 g/mol. The topological polar surface area (TPSA) is 0 Å². The molecule has 0 amide bonds. The van der Waals surface area contributed by atoms with Gasteiger partial charge in [0.15, 0.2) is 0 Å². The molecule has 0 saturated heterocycles. The second-order valence-corrected chi connectivity index (χ2v) is 9.94. The van der Waals surface area contributed by atoms with E-state index in [-0.39, 0.29) is 46.5 Å². The number of aryl methyl sites for hydroxylation is 3. The summed E-state index contributed by atoms with van der Waals surface area (Å²) in [6.07, 6.45) is 10.9. The Kier molecular flexibility index (Phi) is 8.56. The molecule has 1 atom stereocenters. The number of hydrogen-bond donors (Lipinski definition) is 0. The molecule has 0 bridgehead atoms. The van der Waals surface area contributed by atoms with E-state index in [4.69, 9.17) is 0 Å². The van der Waals surface area contributed by atoms with Crippen molar-refractivity contribution >= 4 is 19.2 Å². The first kappa shape index (κ1) is 22.3. The van der Waals surface area contributed by atoms with Crippen molar-refractivity contribution in [1.29, 1.82) is 0 Å². The van der Waals surface area contributed by atoms with Crippen molar-refractivity contribution < 1.29 is 46.5 Å². The maximum absolute atomic E-state index is 2.59. The molecule has 2 aromatic carbocycles. The molecule has 0 fully saturated rings. The Balaban J connectivity index is 0.000000960. The van der Waals surface area contributed by atoms with Crippen molar-refractivity contribution in [2.45, 2.75) is 64.8 Å². The van der Waals surface area contributed by atoms with E-state index < -0.39 is 8.80 Å². The number of hydrogen-bond acceptors (Lipinski definition) is 0. The molecule has 1 unspecified atom stereocenters. The summed E-state index contributed by atoms with van der Waals surface area (Å²) in [6.45, 7) is 4.94. The Morgan fingerprint density at radius 3 is 2.21 bits per heavy atom. The first-order valence-electron chi connectivity index (χ1n) is 8.80. The van der Waals surface area contributed by atoms with E-state index in [2.05, 4.69) is 31.7 Å². The van der Waals surface area contributed by atoms with Crippen LogP contribution < -0.4 is 35.2 Å². The van der Waals surface area contributed by atoms with Crippen molar-refractivity contribution in [3.05, 3.63) is 46.0 Å². The van der Waals surface area contributed by atoms with Crippen LogP contribution in [0.15, 0.2) is 18.2 Å². The molecule has 0 heterocycles. The first-order chi connectivity index (χ1) is 10.2. The van der Waals surface area contributed by atoms with Crippen LogP contribution in [0.3, 0.4) is 0 Å². The van der Waals surface area contributed by atoms with Crippen LogP contribution >= 0.6 is 0 Å². The van der Waals surface area contributed by atoms with Gasteiger partial charge in [-0.25, -0.2) is 12.1 Å². The van der Waals surface area contributed by atoms with Gasteiger partial charge in [0.1, 0.15) is 0 Å². The summed E-state index contributed by atoms with van der Waals surface area (Å²) in [5.74, 6) is 0. The molecule has 0 aromatic heterocycles. The van der Waals surface area contributed by atoms with Gasteiger partial charge in [-0.1, -0.05) is 64.8 Å². The van der Waals surface area contributed by atoms with Crippen LogP contribution in [0, 0.1) is 6.92 Å². The maximum atomic E-state index is 2.59. The van der Waals surface area contributed by atoms with Gasteiger partial charge in [-0.2, -0.15) is 44.3 Å². The van der Waals surface area contributed by atoms with Crippen LogP contribution in [0.25, 0.3) is 0 Å². The molecule has 4 heteroatoms. The maximum Gasteiger partial charge on any atom is 4.00 e. The van der Waals surface area contributed by atoms with Crippen LogP contribution in [-0.2, 0) is 47.4 Å². The van der Waals surface area contributed by atoms with Gasteiger partial charge in [-0.3, -0.25) is 0 Å². The molecule has 0 spiro atoms. The van der Waals surface area contributed by atoms with E-state index in [0.717, 1.165) is 0 Å². The summed E-state index contributed by atoms with van der Waals surface area (Å²) < 4.78 is 0. The van der Waals surface area contributed by atoms with Crippen LogP contribution in [0.2, 0.25) is 6.55 Å². The molecule has 0 saturated carbocycles. The van der Waals surface area contributed by atoms with E-state index in [9.17, 15) is 0 Å². The fraction of sp³-hybridized carbons (Fsp3) is 0.500. The molecule has 0 aliphatic heterocycles. The minimum absolute atomic E-state index is 0. The van der Waals surface area contributed by atoms with E-state index in [0.29, 0.717) is 0 Å². The average Bonchev–Trinajstić information content (AvgIpc) is 3.08. The quantitative estimate of drug-likeness (QED) is 0.368. The first-order valence-corrected chi connectivity index (χ1v) is 11.1. The van der Waals surface area contributed by atoms with E-state index >= 15 is 0 Å². The van der Waals surface area contributed by atoms with Crippen LogP contribution in [-0.4, -0.2) is 8.80 Å². The van der Waals surface area contributed by atoms with E-state index in [1.165, 1.54) is 51.4 Å². The molecule has 2 aromatic rings. The van der Waals surface area contributed by atoms with Crippen molar-refractivity contribution in [2.24, 2.45) is 0 Å². The van der Waals surface area contributed by atoms with Gasteiger partial charge >= 0.3 is 21.7 Å². The van der Waals surface area contributed by atoms with Gasteiger partial charge in [0.2, 0.25) is 0 Å². The Labute approximate surface area is 175 Å². The molecular weight excluding hydrogens is 387 g/mol. The van der Waals surface area contributed by atoms with Gasteiger partial charge in [-0.15, -0.1) is 0 Å². The average molecular weight is 413 g/mol. The van der Waals surface area contributed by atoms with Crippen molar-refractivity contribution in [3.8, 4) is 0 Å². The van der Waals surface area contributed by atoms with Gasteiger partial charge in [-0.05, 0) is 0 Å². The molecule has 0 radical (unpaired) electrons. The zero-order valence-electron chi connectivity index (χ0n) is 14.7. The fourth-order valence-corrected chi connectivity index (χ4v) is 7.13. The second kappa shape index (κ2) is 9.24. The number of rotatable bonds is 2. The largest absolute Gasteiger partial charge is 4.00 e. The molecule has 0 nitrogen and oxygen atoms in total. The minimum Gasteiger partial charge on any atom is -1.00 e. The predicted octanol–water partition coefficient (Wildman–Crippen LogP) is -2.83. The number of fused-ring (bicyclic) bond motifs is 2.